The van der Waals surface area contributed by atoms with Crippen molar-refractivity contribution in [1.29, 1.82) is 0 Å². The number of alkyl halides is 3. The average Bonchev–Trinajstić information content (AvgIpc) is 1.85. The molecule has 0 atom stereocenters. The second kappa shape index (κ2) is 3.27. The largest absolute Gasteiger partial charge is 0.492 e. The highest BCUT2D eigenvalue weighted by atomic mass is 32.2. The Morgan fingerprint density at radius 1 is 1.42 bits per heavy atom. The summed E-state index contributed by atoms with van der Waals surface area (Å²) in [4.78, 5) is 9.87. The van der Waals surface area contributed by atoms with Crippen LogP contribution < -0.4 is 4.72 Å². The van der Waals surface area contributed by atoms with Crippen molar-refractivity contribution in [3.05, 3.63) is 0 Å². The van der Waals surface area contributed by atoms with E-state index in [2.05, 4.69) is 4.18 Å². The summed E-state index contributed by atoms with van der Waals surface area (Å²) >= 11 is 0. The molecule has 0 fully saturated rings. The first-order chi connectivity index (χ1) is 5.19. The highest BCUT2D eigenvalue weighted by Crippen LogP contribution is 2.17. The van der Waals surface area contributed by atoms with Crippen LogP contribution in [0.2, 0.25) is 0 Å². The van der Waals surface area contributed by atoms with Gasteiger partial charge in [-0.15, -0.1) is 0 Å². The molecule has 0 aliphatic carbocycles. The lowest BCUT2D eigenvalue weighted by Crippen LogP contribution is -2.32. The van der Waals surface area contributed by atoms with Gasteiger partial charge in [-0.25, -0.2) is 4.79 Å². The summed E-state index contributed by atoms with van der Waals surface area (Å²) in [6, 6.07) is 0. The van der Waals surface area contributed by atoms with Gasteiger partial charge < -0.3 is 4.18 Å². The fraction of sp³-hybridized carbons (Fsp3) is 0.667. The SMILES string of the molecule is CNS(=O)(=O)OC(=O)C(F)(F)F. The molecule has 0 rings (SSSR count). The molecule has 0 amide bonds. The van der Waals surface area contributed by atoms with E-state index in [0.717, 1.165) is 7.05 Å². The molecule has 72 valence electrons. The summed E-state index contributed by atoms with van der Waals surface area (Å²) in [6.07, 6.45) is -5.32. The van der Waals surface area contributed by atoms with Crippen LogP contribution in [-0.4, -0.2) is 27.6 Å². The lowest BCUT2D eigenvalue weighted by molar-refractivity contribution is -0.189. The molecule has 9 heteroatoms. The van der Waals surface area contributed by atoms with E-state index in [4.69, 9.17) is 0 Å². The van der Waals surface area contributed by atoms with E-state index in [1.54, 1.807) is 0 Å². The Hall–Kier alpha value is -0.830. The Morgan fingerprint density at radius 3 is 2.08 bits per heavy atom. The van der Waals surface area contributed by atoms with Gasteiger partial charge in [-0.05, 0) is 0 Å². The number of hydrogen-bond acceptors (Lipinski definition) is 4. The van der Waals surface area contributed by atoms with Gasteiger partial charge in [0, 0.05) is 7.05 Å². The highest BCUT2D eigenvalue weighted by Gasteiger charge is 2.43. The minimum atomic E-state index is -5.32. The van der Waals surface area contributed by atoms with Crippen LogP contribution in [-0.2, 0) is 19.3 Å². The molecule has 0 aromatic heterocycles. The van der Waals surface area contributed by atoms with Crippen molar-refractivity contribution in [2.24, 2.45) is 0 Å². The molecular formula is C3H4F3NO4S. The first-order valence-electron chi connectivity index (χ1n) is 2.43. The number of nitrogens with one attached hydrogen (secondary N) is 1. The van der Waals surface area contributed by atoms with Crippen molar-refractivity contribution in [3.63, 3.8) is 0 Å². The number of hydrogen-bond donors (Lipinski definition) is 1. The van der Waals surface area contributed by atoms with E-state index < -0.39 is 22.4 Å². The van der Waals surface area contributed by atoms with Crippen LogP contribution in [0.25, 0.3) is 0 Å². The zero-order valence-corrected chi connectivity index (χ0v) is 6.49. The zero-order chi connectivity index (χ0) is 9.99. The van der Waals surface area contributed by atoms with Gasteiger partial charge >= 0.3 is 22.4 Å². The van der Waals surface area contributed by atoms with Gasteiger partial charge in [0.1, 0.15) is 0 Å². The minimum Gasteiger partial charge on any atom is -0.326 e. The van der Waals surface area contributed by atoms with E-state index in [-0.39, 0.29) is 0 Å². The van der Waals surface area contributed by atoms with Gasteiger partial charge in [0.2, 0.25) is 0 Å². The maximum absolute atomic E-state index is 11.3. The predicted octanol–water partition coefficient (Wildman–Crippen LogP) is -0.444. The molecule has 0 spiro atoms. The second-order valence-electron chi connectivity index (χ2n) is 1.53. The maximum Gasteiger partial charge on any atom is 0.492 e. The van der Waals surface area contributed by atoms with Gasteiger partial charge in [-0.3, -0.25) is 0 Å². The standard InChI is InChI=1S/C3H4F3NO4S/c1-7-12(9,10)11-2(8)3(4,5)6/h7H,1H3. The van der Waals surface area contributed by atoms with Crippen LogP contribution in [0.3, 0.4) is 0 Å². The Labute approximate surface area is 65.8 Å². The van der Waals surface area contributed by atoms with Gasteiger partial charge in [0.05, 0.1) is 0 Å². The molecule has 0 bridgehead atoms. The van der Waals surface area contributed by atoms with E-state index in [9.17, 15) is 26.4 Å². The molecule has 0 aromatic rings. The van der Waals surface area contributed by atoms with Crippen LogP contribution >= 0.6 is 0 Å². The topological polar surface area (TPSA) is 72.5 Å². The third-order valence-corrected chi connectivity index (χ3v) is 1.54. The molecule has 12 heavy (non-hydrogen) atoms. The summed E-state index contributed by atoms with van der Waals surface area (Å²) in [5.41, 5.74) is 0. The Morgan fingerprint density at radius 2 is 1.83 bits per heavy atom. The molecule has 0 aliphatic rings. The number of carbonyl (C=O) groups excluding carboxylic acids is 1. The monoisotopic (exact) mass is 207 g/mol. The quantitative estimate of drug-likeness (QED) is 0.666. The summed E-state index contributed by atoms with van der Waals surface area (Å²) in [5.74, 6) is -2.78. The first kappa shape index (κ1) is 11.2. The number of carbonyl (C=O) groups is 1. The van der Waals surface area contributed by atoms with Crippen molar-refractivity contribution >= 4 is 16.3 Å². The van der Waals surface area contributed by atoms with Crippen LogP contribution in [0, 0.1) is 0 Å². The summed E-state index contributed by atoms with van der Waals surface area (Å²) in [6.45, 7) is 0. The molecule has 0 radical (unpaired) electrons. The maximum atomic E-state index is 11.3. The van der Waals surface area contributed by atoms with Crippen molar-refractivity contribution in [3.8, 4) is 0 Å². The third-order valence-electron chi connectivity index (χ3n) is 0.667. The molecule has 5 nitrogen and oxygen atoms in total. The normalized spacial score (nSPS) is 12.7. The van der Waals surface area contributed by atoms with E-state index in [0.29, 0.717) is 0 Å². The van der Waals surface area contributed by atoms with Crippen molar-refractivity contribution in [2.45, 2.75) is 6.18 Å². The molecule has 0 aliphatic heterocycles. The average molecular weight is 207 g/mol. The molecule has 0 saturated heterocycles. The van der Waals surface area contributed by atoms with Crippen LogP contribution in [0.1, 0.15) is 0 Å². The minimum absolute atomic E-state index is 0.805. The number of rotatable bonds is 2. The molecule has 0 aromatic carbocycles. The molecule has 0 unspecified atom stereocenters. The molecule has 1 N–H and O–H groups in total. The third kappa shape index (κ3) is 3.53. The Kier molecular flexibility index (Phi) is 3.04. The van der Waals surface area contributed by atoms with Crippen molar-refractivity contribution in [2.75, 3.05) is 7.05 Å². The van der Waals surface area contributed by atoms with Gasteiger partial charge in [-0.2, -0.15) is 26.3 Å². The zero-order valence-electron chi connectivity index (χ0n) is 5.68. The van der Waals surface area contributed by atoms with E-state index in [1.807, 2.05) is 0 Å². The molecule has 0 saturated carbocycles. The van der Waals surface area contributed by atoms with E-state index in [1.165, 1.54) is 4.72 Å². The van der Waals surface area contributed by atoms with Crippen LogP contribution in [0.4, 0.5) is 13.2 Å². The van der Waals surface area contributed by atoms with Gasteiger partial charge in [-0.1, -0.05) is 0 Å². The lowest BCUT2D eigenvalue weighted by atomic mass is 10.7. The van der Waals surface area contributed by atoms with E-state index >= 15 is 0 Å². The van der Waals surface area contributed by atoms with Gasteiger partial charge in [0.15, 0.2) is 0 Å². The number of halogens is 3. The molecular weight excluding hydrogens is 203 g/mol. The van der Waals surface area contributed by atoms with Crippen molar-refractivity contribution in [1.82, 2.24) is 4.72 Å². The fourth-order valence-corrected chi connectivity index (χ4v) is 0.566. The summed E-state index contributed by atoms with van der Waals surface area (Å²) in [5, 5.41) is 0. The highest BCUT2D eigenvalue weighted by molar-refractivity contribution is 7.85. The smallest absolute Gasteiger partial charge is 0.326 e. The predicted molar refractivity (Wildman–Crippen MR) is 30.1 cm³/mol. The van der Waals surface area contributed by atoms with Crippen molar-refractivity contribution < 1.29 is 30.6 Å². The molecule has 0 heterocycles. The Balaban J connectivity index is 4.42. The van der Waals surface area contributed by atoms with Gasteiger partial charge in [0.25, 0.3) is 0 Å². The van der Waals surface area contributed by atoms with Crippen LogP contribution in [0.15, 0.2) is 0 Å². The lowest BCUT2D eigenvalue weighted by Gasteiger charge is -2.05. The fourth-order valence-electron chi connectivity index (χ4n) is 0.189. The van der Waals surface area contributed by atoms with Crippen LogP contribution in [0.5, 0.6) is 0 Å². The first-order valence-corrected chi connectivity index (χ1v) is 3.84. The Bertz CT molecular complexity index is 268. The second-order valence-corrected chi connectivity index (χ2v) is 3.01. The summed E-state index contributed by atoms with van der Waals surface area (Å²) < 4.78 is 58.9. The summed E-state index contributed by atoms with van der Waals surface area (Å²) in [7, 11) is -3.82.